The number of benzene rings is 2. The Morgan fingerprint density at radius 3 is 2.60 bits per heavy atom. The maximum atomic E-state index is 14.5. The van der Waals surface area contributed by atoms with Gasteiger partial charge in [0.15, 0.2) is 0 Å². The predicted octanol–water partition coefficient (Wildman–Crippen LogP) is 4.36. The van der Waals surface area contributed by atoms with Gasteiger partial charge in [0.1, 0.15) is 5.82 Å². The zero-order chi connectivity index (χ0) is 18.0. The Labute approximate surface area is 149 Å². The number of amides is 2. The highest BCUT2D eigenvalue weighted by atomic mass is 32.1. The molecule has 0 radical (unpaired) electrons. The van der Waals surface area contributed by atoms with Crippen LogP contribution in [-0.4, -0.2) is 11.2 Å². The number of thiol groups is 1. The fourth-order valence-corrected chi connectivity index (χ4v) is 2.61. The number of primary amides is 1. The molecule has 0 aliphatic rings. The summed E-state index contributed by atoms with van der Waals surface area (Å²) in [5.41, 5.74) is 7.76. The fourth-order valence-electron chi connectivity index (χ4n) is 2.51. The first-order chi connectivity index (χ1) is 12.0. The minimum atomic E-state index is -0.781. The van der Waals surface area contributed by atoms with Gasteiger partial charge in [0, 0.05) is 17.5 Å². The first-order valence-corrected chi connectivity index (χ1v) is 7.97. The average molecular weight is 357 g/mol. The Hall–Kier alpha value is -2.80. The van der Waals surface area contributed by atoms with E-state index >= 15 is 0 Å². The molecule has 0 aliphatic heterocycles. The summed E-state index contributed by atoms with van der Waals surface area (Å²) < 4.78 is 20.4. The maximum Gasteiger partial charge on any atom is 0.331 e. The van der Waals surface area contributed by atoms with Gasteiger partial charge in [-0.15, -0.1) is 0 Å². The Morgan fingerprint density at radius 1 is 1.24 bits per heavy atom. The number of aromatic nitrogens is 1. The monoisotopic (exact) mass is 357 g/mol. The summed E-state index contributed by atoms with van der Waals surface area (Å²) in [6.07, 6.45) is 0. The molecule has 0 saturated heterocycles. The molecule has 128 valence electrons. The summed E-state index contributed by atoms with van der Waals surface area (Å²) in [6, 6.07) is 15.2. The molecule has 3 aromatic rings. The standard InChI is InChI=1S/C18H16FN3O2S/c1-11(16-10-17(24-21-16)22(25)18(20)23)13-7-8-14(15(19)9-13)12-5-3-2-4-6-12/h2-11,25H,1H3,(H2,20,23). The third kappa shape index (κ3) is 3.51. The Morgan fingerprint density at radius 2 is 1.96 bits per heavy atom. The van der Waals surface area contributed by atoms with Crippen molar-refractivity contribution in [1.82, 2.24) is 5.16 Å². The predicted molar refractivity (Wildman–Crippen MR) is 96.9 cm³/mol. The Balaban J connectivity index is 1.87. The lowest BCUT2D eigenvalue weighted by Gasteiger charge is -2.11. The molecule has 3 rings (SSSR count). The maximum absolute atomic E-state index is 14.5. The number of carbonyl (C=O) groups is 1. The number of hydrogen-bond acceptors (Lipinski definition) is 4. The zero-order valence-electron chi connectivity index (χ0n) is 13.4. The van der Waals surface area contributed by atoms with Gasteiger partial charge in [0.2, 0.25) is 5.88 Å². The van der Waals surface area contributed by atoms with Crippen molar-refractivity contribution in [2.45, 2.75) is 12.8 Å². The van der Waals surface area contributed by atoms with Crippen molar-refractivity contribution < 1.29 is 13.7 Å². The molecular formula is C18H16FN3O2S. The Bertz CT molecular complexity index is 898. The molecule has 2 aromatic carbocycles. The summed E-state index contributed by atoms with van der Waals surface area (Å²) in [5, 5.41) is 3.91. The lowest BCUT2D eigenvalue weighted by molar-refractivity contribution is 0.256. The van der Waals surface area contributed by atoms with Crippen LogP contribution < -0.4 is 10.0 Å². The third-order valence-electron chi connectivity index (χ3n) is 3.96. The van der Waals surface area contributed by atoms with Crippen LogP contribution in [0.25, 0.3) is 11.1 Å². The molecule has 0 saturated carbocycles. The molecule has 0 aliphatic carbocycles. The zero-order valence-corrected chi connectivity index (χ0v) is 14.3. The van der Waals surface area contributed by atoms with Gasteiger partial charge in [-0.25, -0.2) is 13.5 Å². The smallest absolute Gasteiger partial charge is 0.331 e. The van der Waals surface area contributed by atoms with E-state index in [2.05, 4.69) is 18.0 Å². The normalized spacial score (nSPS) is 12.0. The van der Waals surface area contributed by atoms with E-state index in [1.807, 2.05) is 43.3 Å². The molecule has 0 spiro atoms. The van der Waals surface area contributed by atoms with Gasteiger partial charge >= 0.3 is 6.03 Å². The van der Waals surface area contributed by atoms with Crippen LogP contribution in [0.3, 0.4) is 0 Å². The second kappa shape index (κ2) is 6.98. The number of halogens is 1. The molecule has 1 unspecified atom stereocenters. The van der Waals surface area contributed by atoms with Crippen molar-refractivity contribution >= 4 is 24.7 Å². The second-order valence-electron chi connectivity index (χ2n) is 5.57. The van der Waals surface area contributed by atoms with Gasteiger partial charge in [-0.2, -0.15) is 0 Å². The molecule has 1 atom stereocenters. The number of nitrogens with two attached hydrogens (primary N) is 1. The average Bonchev–Trinajstić information content (AvgIpc) is 3.11. The molecular weight excluding hydrogens is 341 g/mol. The second-order valence-corrected chi connectivity index (χ2v) is 5.97. The summed E-state index contributed by atoms with van der Waals surface area (Å²) >= 11 is 3.92. The van der Waals surface area contributed by atoms with Crippen molar-refractivity contribution in [3.8, 4) is 11.1 Å². The summed E-state index contributed by atoms with van der Waals surface area (Å²) in [4.78, 5) is 11.1. The fraction of sp³-hybridized carbons (Fsp3) is 0.111. The van der Waals surface area contributed by atoms with Crippen LogP contribution in [0.4, 0.5) is 15.1 Å². The number of hydrogen-bond donors (Lipinski definition) is 2. The van der Waals surface area contributed by atoms with E-state index in [-0.39, 0.29) is 17.6 Å². The molecule has 1 aromatic heterocycles. The van der Waals surface area contributed by atoms with Crippen LogP contribution in [-0.2, 0) is 0 Å². The van der Waals surface area contributed by atoms with E-state index in [0.29, 0.717) is 11.3 Å². The number of nitrogens with zero attached hydrogens (tertiary/aromatic N) is 2. The van der Waals surface area contributed by atoms with Gasteiger partial charge < -0.3 is 10.3 Å². The number of carbonyl (C=O) groups excluding carboxylic acids is 1. The number of urea groups is 1. The van der Waals surface area contributed by atoms with E-state index < -0.39 is 6.03 Å². The van der Waals surface area contributed by atoms with Crippen molar-refractivity contribution in [2.75, 3.05) is 4.31 Å². The van der Waals surface area contributed by atoms with Crippen LogP contribution >= 0.6 is 12.8 Å². The molecule has 5 nitrogen and oxygen atoms in total. The SMILES string of the molecule is CC(c1ccc(-c2ccccc2)c(F)c1)c1cc(N(S)C(N)=O)on1. The van der Waals surface area contributed by atoms with E-state index in [9.17, 15) is 9.18 Å². The van der Waals surface area contributed by atoms with Crippen molar-refractivity contribution in [2.24, 2.45) is 5.73 Å². The highest BCUT2D eigenvalue weighted by Crippen LogP contribution is 2.30. The van der Waals surface area contributed by atoms with Gasteiger partial charge in [-0.05, 0) is 17.2 Å². The quantitative estimate of drug-likeness (QED) is 0.681. The van der Waals surface area contributed by atoms with Crippen LogP contribution in [0.1, 0.15) is 24.1 Å². The van der Waals surface area contributed by atoms with Crippen LogP contribution in [0.2, 0.25) is 0 Å². The molecule has 7 heteroatoms. The lowest BCUT2D eigenvalue weighted by Crippen LogP contribution is -2.26. The van der Waals surface area contributed by atoms with Gasteiger partial charge in [-0.3, -0.25) is 0 Å². The van der Waals surface area contributed by atoms with Crippen molar-refractivity contribution in [1.29, 1.82) is 0 Å². The van der Waals surface area contributed by atoms with Crippen LogP contribution in [0.5, 0.6) is 0 Å². The summed E-state index contributed by atoms with van der Waals surface area (Å²) in [5.74, 6) is -0.433. The van der Waals surface area contributed by atoms with Gasteiger partial charge in [0.25, 0.3) is 0 Å². The largest absolute Gasteiger partial charge is 0.350 e. The van der Waals surface area contributed by atoms with Gasteiger partial charge in [-0.1, -0.05) is 67.4 Å². The van der Waals surface area contributed by atoms with Gasteiger partial charge in [0.05, 0.1) is 5.69 Å². The topological polar surface area (TPSA) is 72.4 Å². The molecule has 0 fully saturated rings. The van der Waals surface area contributed by atoms with Crippen molar-refractivity contribution in [3.05, 3.63) is 71.7 Å². The van der Waals surface area contributed by atoms with Crippen molar-refractivity contribution in [3.63, 3.8) is 0 Å². The van der Waals surface area contributed by atoms with E-state index in [4.69, 9.17) is 10.3 Å². The summed E-state index contributed by atoms with van der Waals surface area (Å²) in [6.45, 7) is 1.87. The first-order valence-electron chi connectivity index (χ1n) is 7.57. The van der Waals surface area contributed by atoms with Crippen LogP contribution in [0.15, 0.2) is 59.1 Å². The third-order valence-corrected chi connectivity index (χ3v) is 4.35. The van der Waals surface area contributed by atoms with Crippen LogP contribution in [0, 0.1) is 5.82 Å². The van der Waals surface area contributed by atoms with E-state index in [0.717, 1.165) is 15.4 Å². The lowest BCUT2D eigenvalue weighted by atomic mass is 9.95. The summed E-state index contributed by atoms with van der Waals surface area (Å²) in [7, 11) is 0. The minimum absolute atomic E-state index is 0.110. The van der Waals surface area contributed by atoms with E-state index in [1.54, 1.807) is 12.1 Å². The Kier molecular flexibility index (Phi) is 4.76. The molecule has 1 heterocycles. The highest BCUT2D eigenvalue weighted by molar-refractivity contribution is 7.82. The molecule has 2 amide bonds. The number of rotatable bonds is 4. The molecule has 0 bridgehead atoms. The highest BCUT2D eigenvalue weighted by Gasteiger charge is 2.19. The first kappa shape index (κ1) is 17.0. The number of anilines is 1. The molecule has 25 heavy (non-hydrogen) atoms. The minimum Gasteiger partial charge on any atom is -0.350 e. The molecule has 2 N–H and O–H groups in total. The van der Waals surface area contributed by atoms with E-state index in [1.165, 1.54) is 6.07 Å².